The van der Waals surface area contributed by atoms with E-state index in [1.807, 2.05) is 20.8 Å². The highest BCUT2D eigenvalue weighted by Crippen LogP contribution is 2.30. The molecule has 0 aromatic heterocycles. The van der Waals surface area contributed by atoms with Crippen LogP contribution in [0.15, 0.2) is 18.2 Å². The largest absolute Gasteiger partial charge is 0.493 e. The average Bonchev–Trinajstić information content (AvgIpc) is 2.53. The second kappa shape index (κ2) is 8.87. The van der Waals surface area contributed by atoms with Crippen molar-refractivity contribution in [1.29, 1.82) is 0 Å². The van der Waals surface area contributed by atoms with Crippen LogP contribution < -0.4 is 25.8 Å². The maximum absolute atomic E-state index is 12.4. The van der Waals surface area contributed by atoms with Gasteiger partial charge in [-0.15, -0.1) is 0 Å². The Morgan fingerprint density at radius 2 is 1.96 bits per heavy atom. The first kappa shape index (κ1) is 18.6. The van der Waals surface area contributed by atoms with E-state index in [0.717, 1.165) is 6.42 Å². The van der Waals surface area contributed by atoms with Crippen molar-refractivity contribution in [2.24, 2.45) is 11.7 Å². The minimum absolute atomic E-state index is 0.0490. The summed E-state index contributed by atoms with van der Waals surface area (Å²) in [6, 6.07) is 3.67. The monoisotopic (exact) mass is 323 g/mol. The molecule has 0 bridgehead atoms. The van der Waals surface area contributed by atoms with Gasteiger partial charge in [0, 0.05) is 11.8 Å². The molecule has 0 aliphatic heterocycles. The van der Waals surface area contributed by atoms with Crippen LogP contribution in [0.25, 0.3) is 0 Å². The fourth-order valence-electron chi connectivity index (χ4n) is 2.10. The van der Waals surface area contributed by atoms with Gasteiger partial charge in [0.25, 0.3) is 0 Å². The van der Waals surface area contributed by atoms with Gasteiger partial charge in [-0.1, -0.05) is 20.3 Å². The van der Waals surface area contributed by atoms with Crippen LogP contribution in [0.1, 0.15) is 27.2 Å². The minimum Gasteiger partial charge on any atom is -0.493 e. The minimum atomic E-state index is -0.727. The molecule has 7 nitrogen and oxygen atoms in total. The van der Waals surface area contributed by atoms with E-state index in [1.165, 1.54) is 7.11 Å². The highest BCUT2D eigenvalue weighted by molar-refractivity contribution is 5.97. The number of primary amides is 1. The van der Waals surface area contributed by atoms with E-state index in [-0.39, 0.29) is 11.8 Å². The van der Waals surface area contributed by atoms with Gasteiger partial charge in [0.1, 0.15) is 6.04 Å². The highest BCUT2D eigenvalue weighted by atomic mass is 16.5. The quantitative estimate of drug-likeness (QED) is 0.681. The number of carbonyl (C=O) groups excluding carboxylic acids is 2. The van der Waals surface area contributed by atoms with Crippen molar-refractivity contribution >= 4 is 17.6 Å². The number of urea groups is 1. The molecule has 0 aliphatic rings. The molecule has 1 rings (SSSR count). The highest BCUT2D eigenvalue weighted by Gasteiger charge is 2.25. The van der Waals surface area contributed by atoms with E-state index < -0.39 is 12.1 Å². The van der Waals surface area contributed by atoms with Gasteiger partial charge >= 0.3 is 6.03 Å². The molecular formula is C16H25N3O4. The number of nitrogens with one attached hydrogen (secondary N) is 2. The topological polar surface area (TPSA) is 103 Å². The molecule has 7 heteroatoms. The van der Waals surface area contributed by atoms with Crippen LogP contribution in [0.4, 0.5) is 10.5 Å². The number of anilines is 1. The lowest BCUT2D eigenvalue weighted by Gasteiger charge is -2.22. The van der Waals surface area contributed by atoms with Gasteiger partial charge in [-0.2, -0.15) is 0 Å². The van der Waals surface area contributed by atoms with Gasteiger partial charge < -0.3 is 25.8 Å². The third-order valence-electron chi connectivity index (χ3n) is 3.52. The Labute approximate surface area is 136 Å². The van der Waals surface area contributed by atoms with Crippen LogP contribution in [-0.4, -0.2) is 31.7 Å². The summed E-state index contributed by atoms with van der Waals surface area (Å²) >= 11 is 0. The first-order valence-corrected chi connectivity index (χ1v) is 7.60. The molecule has 0 fully saturated rings. The van der Waals surface area contributed by atoms with E-state index in [4.69, 9.17) is 15.2 Å². The van der Waals surface area contributed by atoms with Crippen LogP contribution >= 0.6 is 0 Å². The molecular weight excluding hydrogens is 298 g/mol. The summed E-state index contributed by atoms with van der Waals surface area (Å²) < 4.78 is 10.7. The maximum atomic E-state index is 12.4. The SMILES string of the molecule is CCOc1ccc(NC(=O)[C@@H](NC(N)=O)[C@@H](C)CC)cc1OC. The Hall–Kier alpha value is -2.44. The summed E-state index contributed by atoms with van der Waals surface area (Å²) in [6.07, 6.45) is 0.727. The molecule has 0 saturated heterocycles. The molecule has 0 saturated carbocycles. The van der Waals surface area contributed by atoms with E-state index in [0.29, 0.717) is 23.8 Å². The van der Waals surface area contributed by atoms with Gasteiger partial charge in [0.05, 0.1) is 13.7 Å². The lowest BCUT2D eigenvalue weighted by Crippen LogP contribution is -2.49. The van der Waals surface area contributed by atoms with Crippen LogP contribution in [-0.2, 0) is 4.79 Å². The molecule has 0 heterocycles. The Morgan fingerprint density at radius 1 is 1.26 bits per heavy atom. The summed E-state index contributed by atoms with van der Waals surface area (Å²) in [5.74, 6) is 0.741. The number of carbonyl (C=O) groups is 2. The predicted octanol–water partition coefficient (Wildman–Crippen LogP) is 2.12. The second-order valence-corrected chi connectivity index (χ2v) is 5.16. The third kappa shape index (κ3) is 5.36. The maximum Gasteiger partial charge on any atom is 0.312 e. The van der Waals surface area contributed by atoms with E-state index in [1.54, 1.807) is 18.2 Å². The Bertz CT molecular complexity index is 548. The first-order chi connectivity index (χ1) is 10.9. The summed E-state index contributed by atoms with van der Waals surface area (Å²) in [4.78, 5) is 23.5. The third-order valence-corrected chi connectivity index (χ3v) is 3.52. The zero-order chi connectivity index (χ0) is 17.4. The summed E-state index contributed by atoms with van der Waals surface area (Å²) in [7, 11) is 1.53. The molecule has 0 aliphatic carbocycles. The Balaban J connectivity index is 2.91. The van der Waals surface area contributed by atoms with Crippen LogP contribution in [0.5, 0.6) is 11.5 Å². The first-order valence-electron chi connectivity index (χ1n) is 7.60. The lowest BCUT2D eigenvalue weighted by molar-refractivity contribution is -0.119. The molecule has 0 spiro atoms. The Morgan fingerprint density at radius 3 is 2.48 bits per heavy atom. The molecule has 0 unspecified atom stereocenters. The Kier molecular flexibility index (Phi) is 7.18. The number of ether oxygens (including phenoxy) is 2. The smallest absolute Gasteiger partial charge is 0.312 e. The fourth-order valence-corrected chi connectivity index (χ4v) is 2.10. The molecule has 23 heavy (non-hydrogen) atoms. The zero-order valence-electron chi connectivity index (χ0n) is 14.0. The number of nitrogens with two attached hydrogens (primary N) is 1. The normalized spacial score (nSPS) is 12.9. The van der Waals surface area contributed by atoms with Gasteiger partial charge in [-0.25, -0.2) is 4.79 Å². The van der Waals surface area contributed by atoms with Crippen molar-refractivity contribution in [3.63, 3.8) is 0 Å². The second-order valence-electron chi connectivity index (χ2n) is 5.16. The van der Waals surface area contributed by atoms with Crippen molar-refractivity contribution in [3.05, 3.63) is 18.2 Å². The standard InChI is InChI=1S/C16H25N3O4/c1-5-10(3)14(19-16(17)21)15(20)18-11-7-8-12(23-6-2)13(9-11)22-4/h7-10,14H,5-6H2,1-4H3,(H,18,20)(H3,17,19,21)/t10-,14-/m0/s1. The van der Waals surface area contributed by atoms with Gasteiger partial charge in [0.15, 0.2) is 11.5 Å². The van der Waals surface area contributed by atoms with Crippen molar-refractivity contribution < 1.29 is 19.1 Å². The molecule has 128 valence electrons. The van der Waals surface area contributed by atoms with Gasteiger partial charge in [-0.3, -0.25) is 4.79 Å². The molecule has 2 atom stereocenters. The van der Waals surface area contributed by atoms with Crippen LogP contribution in [0, 0.1) is 5.92 Å². The summed E-state index contributed by atoms with van der Waals surface area (Å²) in [6.45, 7) is 6.20. The number of hydrogen-bond acceptors (Lipinski definition) is 4. The number of methoxy groups -OCH3 is 1. The lowest BCUT2D eigenvalue weighted by atomic mass is 9.98. The molecule has 1 aromatic carbocycles. The summed E-state index contributed by atoms with van der Waals surface area (Å²) in [5.41, 5.74) is 5.70. The van der Waals surface area contributed by atoms with E-state index in [2.05, 4.69) is 10.6 Å². The molecule has 4 N–H and O–H groups in total. The van der Waals surface area contributed by atoms with Crippen molar-refractivity contribution in [3.8, 4) is 11.5 Å². The molecule has 1 aromatic rings. The number of benzene rings is 1. The summed E-state index contributed by atoms with van der Waals surface area (Å²) in [5, 5.41) is 5.24. The molecule has 3 amide bonds. The number of rotatable bonds is 8. The van der Waals surface area contributed by atoms with E-state index in [9.17, 15) is 9.59 Å². The van der Waals surface area contributed by atoms with Crippen molar-refractivity contribution in [2.75, 3.05) is 19.0 Å². The van der Waals surface area contributed by atoms with Crippen LogP contribution in [0.3, 0.4) is 0 Å². The van der Waals surface area contributed by atoms with Gasteiger partial charge in [0.2, 0.25) is 5.91 Å². The predicted molar refractivity (Wildman–Crippen MR) is 88.8 cm³/mol. The molecule has 0 radical (unpaired) electrons. The average molecular weight is 323 g/mol. The van der Waals surface area contributed by atoms with Crippen molar-refractivity contribution in [2.45, 2.75) is 33.2 Å². The van der Waals surface area contributed by atoms with E-state index >= 15 is 0 Å². The van der Waals surface area contributed by atoms with Crippen molar-refractivity contribution in [1.82, 2.24) is 5.32 Å². The fraction of sp³-hybridized carbons (Fsp3) is 0.500. The number of amides is 3. The zero-order valence-corrected chi connectivity index (χ0v) is 14.0. The van der Waals surface area contributed by atoms with Gasteiger partial charge in [-0.05, 0) is 25.0 Å². The number of hydrogen-bond donors (Lipinski definition) is 3. The van der Waals surface area contributed by atoms with Crippen LogP contribution in [0.2, 0.25) is 0 Å².